The van der Waals surface area contributed by atoms with E-state index in [-0.39, 0.29) is 5.91 Å². The minimum absolute atomic E-state index is 0.134. The Morgan fingerprint density at radius 2 is 1.82 bits per heavy atom. The zero-order valence-corrected chi connectivity index (χ0v) is 13.9. The van der Waals surface area contributed by atoms with Gasteiger partial charge in [-0.3, -0.25) is 4.79 Å². The number of aryl methyl sites for hydroxylation is 4. The fourth-order valence-electron chi connectivity index (χ4n) is 3.35. The average Bonchev–Trinajstić information content (AvgIpc) is 2.48. The van der Waals surface area contributed by atoms with Gasteiger partial charge < -0.3 is 4.90 Å². The topological polar surface area (TPSA) is 20.3 Å². The predicted octanol–water partition coefficient (Wildman–Crippen LogP) is 4.58. The maximum atomic E-state index is 12.1. The van der Waals surface area contributed by atoms with E-state index in [2.05, 4.69) is 51.1 Å². The smallest absolute Gasteiger partial charge is 0.223 e. The van der Waals surface area contributed by atoms with Crippen LogP contribution >= 0.6 is 0 Å². The molecule has 2 aromatic rings. The molecule has 0 saturated carbocycles. The minimum atomic E-state index is 0.134. The third-order valence-electron chi connectivity index (χ3n) is 4.63. The minimum Gasteiger partial charge on any atom is -0.312 e. The monoisotopic (exact) mass is 293 g/mol. The van der Waals surface area contributed by atoms with Gasteiger partial charge in [0.05, 0.1) is 5.69 Å². The van der Waals surface area contributed by atoms with Crippen molar-refractivity contribution in [1.29, 1.82) is 0 Å². The van der Waals surface area contributed by atoms with E-state index in [0.29, 0.717) is 0 Å². The summed E-state index contributed by atoms with van der Waals surface area (Å²) in [4.78, 5) is 14.0. The number of rotatable bonds is 1. The molecule has 0 bridgehead atoms. The zero-order valence-electron chi connectivity index (χ0n) is 13.9. The molecule has 0 aliphatic carbocycles. The van der Waals surface area contributed by atoms with Crippen molar-refractivity contribution in [3.05, 3.63) is 52.6 Å². The first-order valence-electron chi connectivity index (χ1n) is 7.96. The number of benzene rings is 2. The Morgan fingerprint density at radius 1 is 1.05 bits per heavy atom. The first-order valence-corrected chi connectivity index (χ1v) is 7.96. The third-order valence-corrected chi connectivity index (χ3v) is 4.63. The molecular formula is C20H23NO. The predicted molar refractivity (Wildman–Crippen MR) is 92.4 cm³/mol. The molecule has 0 saturated heterocycles. The molecular weight excluding hydrogens is 270 g/mol. The second kappa shape index (κ2) is 5.60. The van der Waals surface area contributed by atoms with Crippen molar-refractivity contribution in [3.63, 3.8) is 0 Å². The molecule has 2 aromatic carbocycles. The van der Waals surface area contributed by atoms with E-state index in [1.54, 1.807) is 6.92 Å². The first kappa shape index (κ1) is 14.8. The molecule has 0 unspecified atom stereocenters. The lowest BCUT2D eigenvalue weighted by atomic mass is 9.90. The second-order valence-corrected chi connectivity index (χ2v) is 6.39. The van der Waals surface area contributed by atoms with Gasteiger partial charge >= 0.3 is 0 Å². The van der Waals surface area contributed by atoms with Gasteiger partial charge in [-0.05, 0) is 61.9 Å². The molecule has 1 amide bonds. The summed E-state index contributed by atoms with van der Waals surface area (Å²) in [7, 11) is 0. The highest BCUT2D eigenvalue weighted by Crippen LogP contribution is 2.39. The number of carbonyl (C=O) groups is 1. The number of amides is 1. The van der Waals surface area contributed by atoms with Crippen molar-refractivity contribution < 1.29 is 4.79 Å². The highest BCUT2D eigenvalue weighted by atomic mass is 16.2. The lowest BCUT2D eigenvalue weighted by Crippen LogP contribution is -2.34. The Hall–Kier alpha value is -2.09. The number of nitrogens with zero attached hydrogens (tertiary/aromatic N) is 1. The fraction of sp³-hybridized carbons (Fsp3) is 0.350. The fourth-order valence-corrected chi connectivity index (χ4v) is 3.35. The molecule has 3 rings (SSSR count). The number of carbonyl (C=O) groups excluding carboxylic acids is 1. The molecule has 22 heavy (non-hydrogen) atoms. The maximum absolute atomic E-state index is 12.1. The first-order chi connectivity index (χ1) is 10.5. The summed E-state index contributed by atoms with van der Waals surface area (Å²) >= 11 is 0. The van der Waals surface area contributed by atoms with Crippen LogP contribution in [-0.2, 0) is 11.2 Å². The van der Waals surface area contributed by atoms with E-state index in [1.165, 1.54) is 33.4 Å². The number of hydrogen-bond donors (Lipinski definition) is 0. The van der Waals surface area contributed by atoms with Gasteiger partial charge in [-0.1, -0.05) is 29.8 Å². The van der Waals surface area contributed by atoms with Crippen LogP contribution < -0.4 is 4.90 Å². The Morgan fingerprint density at radius 3 is 2.50 bits per heavy atom. The molecule has 0 radical (unpaired) electrons. The van der Waals surface area contributed by atoms with Crippen LogP contribution in [0, 0.1) is 20.8 Å². The quantitative estimate of drug-likeness (QED) is 0.753. The molecule has 1 aliphatic rings. The zero-order chi connectivity index (χ0) is 15.9. The van der Waals surface area contributed by atoms with Gasteiger partial charge in [0, 0.05) is 19.0 Å². The average molecular weight is 293 g/mol. The second-order valence-electron chi connectivity index (χ2n) is 6.39. The van der Waals surface area contributed by atoms with Gasteiger partial charge in [-0.2, -0.15) is 0 Å². The van der Waals surface area contributed by atoms with Crippen LogP contribution in [0.3, 0.4) is 0 Å². The van der Waals surface area contributed by atoms with E-state index in [1.807, 2.05) is 4.90 Å². The van der Waals surface area contributed by atoms with Crippen LogP contribution in [0.1, 0.15) is 35.6 Å². The largest absolute Gasteiger partial charge is 0.312 e. The highest BCUT2D eigenvalue weighted by Gasteiger charge is 2.24. The Kier molecular flexibility index (Phi) is 3.78. The molecule has 1 heterocycles. The van der Waals surface area contributed by atoms with Gasteiger partial charge in [0.25, 0.3) is 0 Å². The van der Waals surface area contributed by atoms with E-state index in [4.69, 9.17) is 0 Å². The highest BCUT2D eigenvalue weighted by molar-refractivity contribution is 5.98. The van der Waals surface area contributed by atoms with Gasteiger partial charge in [-0.15, -0.1) is 0 Å². The van der Waals surface area contributed by atoms with Gasteiger partial charge in [-0.25, -0.2) is 0 Å². The summed E-state index contributed by atoms with van der Waals surface area (Å²) in [5.74, 6) is 0.134. The summed E-state index contributed by atoms with van der Waals surface area (Å²) < 4.78 is 0. The van der Waals surface area contributed by atoms with Crippen molar-refractivity contribution in [2.24, 2.45) is 0 Å². The summed E-state index contributed by atoms with van der Waals surface area (Å²) in [6, 6.07) is 11.0. The molecule has 0 aromatic heterocycles. The van der Waals surface area contributed by atoms with E-state index in [0.717, 1.165) is 25.1 Å². The van der Waals surface area contributed by atoms with Crippen LogP contribution in [0.4, 0.5) is 5.69 Å². The molecule has 0 N–H and O–H groups in total. The summed E-state index contributed by atoms with van der Waals surface area (Å²) in [5, 5.41) is 0. The molecule has 2 heteroatoms. The lowest BCUT2D eigenvalue weighted by Gasteiger charge is -2.31. The third kappa shape index (κ3) is 2.54. The maximum Gasteiger partial charge on any atom is 0.223 e. The molecule has 0 atom stereocenters. The van der Waals surface area contributed by atoms with Gasteiger partial charge in [0.2, 0.25) is 5.91 Å². The Balaban J connectivity index is 2.24. The normalized spacial score (nSPS) is 13.9. The number of fused-ring (bicyclic) bond motifs is 1. The van der Waals surface area contributed by atoms with E-state index in [9.17, 15) is 4.79 Å². The lowest BCUT2D eigenvalue weighted by molar-refractivity contribution is -0.116. The Labute approximate surface area is 132 Å². The molecule has 2 nitrogen and oxygen atoms in total. The van der Waals surface area contributed by atoms with Crippen LogP contribution in [0.2, 0.25) is 0 Å². The Bertz CT molecular complexity index is 746. The van der Waals surface area contributed by atoms with Crippen molar-refractivity contribution >= 4 is 11.6 Å². The summed E-state index contributed by atoms with van der Waals surface area (Å²) in [5.41, 5.74) is 8.66. The van der Waals surface area contributed by atoms with E-state index >= 15 is 0 Å². The summed E-state index contributed by atoms with van der Waals surface area (Å²) in [6.07, 6.45) is 2.10. The molecule has 0 spiro atoms. The van der Waals surface area contributed by atoms with Gasteiger partial charge in [0.15, 0.2) is 0 Å². The van der Waals surface area contributed by atoms with Gasteiger partial charge in [0.1, 0.15) is 0 Å². The van der Waals surface area contributed by atoms with Crippen molar-refractivity contribution in [1.82, 2.24) is 0 Å². The van der Waals surface area contributed by atoms with Crippen LogP contribution in [-0.4, -0.2) is 12.5 Å². The van der Waals surface area contributed by atoms with Crippen molar-refractivity contribution in [2.45, 2.75) is 40.5 Å². The number of anilines is 1. The van der Waals surface area contributed by atoms with Crippen LogP contribution in [0.15, 0.2) is 30.3 Å². The SMILES string of the molecule is CC(=O)N1CCCc2cc(C)cc(-c3ccc(C)c(C)c3)c21. The van der Waals surface area contributed by atoms with E-state index < -0.39 is 0 Å². The van der Waals surface area contributed by atoms with Crippen molar-refractivity contribution in [3.8, 4) is 11.1 Å². The number of hydrogen-bond acceptors (Lipinski definition) is 1. The molecule has 1 aliphatic heterocycles. The van der Waals surface area contributed by atoms with Crippen LogP contribution in [0.5, 0.6) is 0 Å². The standard InChI is InChI=1S/C20H23NO/c1-13-10-18-6-5-9-21(16(4)22)20(18)19(11-13)17-8-7-14(2)15(3)12-17/h7-8,10-12H,5-6,9H2,1-4H3. The van der Waals surface area contributed by atoms with Crippen molar-refractivity contribution in [2.75, 3.05) is 11.4 Å². The summed E-state index contributed by atoms with van der Waals surface area (Å²) in [6.45, 7) is 8.90. The van der Waals surface area contributed by atoms with Crippen LogP contribution in [0.25, 0.3) is 11.1 Å². The molecule has 0 fully saturated rings. The molecule has 114 valence electrons.